The number of hydrogen-bond donors (Lipinski definition) is 1. The summed E-state index contributed by atoms with van der Waals surface area (Å²) in [6.07, 6.45) is 3.84. The van der Waals surface area contributed by atoms with Gasteiger partial charge < -0.3 is 5.32 Å². The summed E-state index contributed by atoms with van der Waals surface area (Å²) in [5.74, 6) is 0.916. The zero-order valence-electron chi connectivity index (χ0n) is 11.2. The number of nitrogens with zero attached hydrogens (tertiary/aromatic N) is 3. The molecule has 0 amide bonds. The third-order valence-corrected chi connectivity index (χ3v) is 5.64. The first kappa shape index (κ1) is 13.1. The van der Waals surface area contributed by atoms with E-state index in [2.05, 4.69) is 33.8 Å². The Morgan fingerprint density at radius 1 is 1.53 bits per heavy atom. The van der Waals surface area contributed by atoms with E-state index in [1.807, 2.05) is 30.1 Å². The Kier molecular flexibility index (Phi) is 3.91. The molecule has 3 rings (SSSR count). The summed E-state index contributed by atoms with van der Waals surface area (Å²) in [5, 5.41) is 10.9. The van der Waals surface area contributed by atoms with Crippen molar-refractivity contribution in [2.24, 2.45) is 7.05 Å². The Labute approximate surface area is 121 Å². The molecule has 0 spiro atoms. The number of nitrogens with one attached hydrogen (secondary N) is 1. The van der Waals surface area contributed by atoms with Crippen molar-refractivity contribution in [1.29, 1.82) is 0 Å². The van der Waals surface area contributed by atoms with Crippen molar-refractivity contribution in [3.05, 3.63) is 29.2 Å². The first-order valence-electron chi connectivity index (χ1n) is 6.54. The van der Waals surface area contributed by atoms with Crippen molar-refractivity contribution < 1.29 is 0 Å². The highest BCUT2D eigenvalue weighted by Crippen LogP contribution is 2.43. The van der Waals surface area contributed by atoms with E-state index in [0.29, 0.717) is 11.3 Å². The van der Waals surface area contributed by atoms with Gasteiger partial charge >= 0.3 is 0 Å². The molecular weight excluding hydrogens is 276 g/mol. The summed E-state index contributed by atoms with van der Waals surface area (Å²) in [6.45, 7) is 3.24. The van der Waals surface area contributed by atoms with Crippen LogP contribution < -0.4 is 5.32 Å². The molecule has 1 unspecified atom stereocenters. The van der Waals surface area contributed by atoms with Crippen molar-refractivity contribution in [3.63, 3.8) is 0 Å². The molecular formula is C13H18N4S2. The van der Waals surface area contributed by atoms with Crippen LogP contribution in [0, 0.1) is 0 Å². The van der Waals surface area contributed by atoms with Gasteiger partial charge in [-0.1, -0.05) is 6.92 Å². The normalized spacial score (nSPS) is 22.4. The van der Waals surface area contributed by atoms with Crippen LogP contribution in [0.1, 0.15) is 30.8 Å². The first-order chi connectivity index (χ1) is 9.22. The lowest BCUT2D eigenvalue weighted by molar-refractivity contribution is 0.488. The summed E-state index contributed by atoms with van der Waals surface area (Å²) < 4.78 is 3.23. The van der Waals surface area contributed by atoms with E-state index >= 15 is 0 Å². The van der Waals surface area contributed by atoms with Gasteiger partial charge in [0.2, 0.25) is 0 Å². The Hall–Kier alpha value is -0.850. The van der Waals surface area contributed by atoms with Gasteiger partial charge in [-0.2, -0.15) is 5.10 Å². The molecule has 102 valence electrons. The highest BCUT2D eigenvalue weighted by molar-refractivity contribution is 8.01. The molecule has 2 aromatic rings. The number of thiophene rings is 1. The standard InChI is InChI=1S/C13H18N4S2/c1-9-7-11(10-4-6-18-13(10)19-9)14-5-3-12-15-8-17(2)16-12/h4,6,8-9,11,14H,3,5,7H2,1-2H3/t9-,11?/m0/s1. The van der Waals surface area contributed by atoms with Gasteiger partial charge in [0, 0.05) is 31.3 Å². The number of thioether (sulfide) groups is 1. The van der Waals surface area contributed by atoms with Gasteiger partial charge in [-0.25, -0.2) is 4.98 Å². The van der Waals surface area contributed by atoms with Crippen LogP contribution in [0.25, 0.3) is 0 Å². The lowest BCUT2D eigenvalue weighted by Crippen LogP contribution is -2.28. The van der Waals surface area contributed by atoms with Crippen LogP contribution in [0.2, 0.25) is 0 Å². The van der Waals surface area contributed by atoms with Gasteiger partial charge in [0.05, 0.1) is 4.21 Å². The van der Waals surface area contributed by atoms with E-state index in [-0.39, 0.29) is 0 Å². The van der Waals surface area contributed by atoms with E-state index in [4.69, 9.17) is 0 Å². The Balaban J connectivity index is 1.59. The second-order valence-corrected chi connectivity index (χ2v) is 7.54. The number of aryl methyl sites for hydroxylation is 1. The number of rotatable bonds is 4. The Bertz CT molecular complexity index is 548. The van der Waals surface area contributed by atoms with Gasteiger partial charge in [-0.05, 0) is 23.4 Å². The fraction of sp³-hybridized carbons (Fsp3) is 0.538. The first-order valence-corrected chi connectivity index (χ1v) is 8.30. The predicted octanol–water partition coefficient (Wildman–Crippen LogP) is 2.63. The van der Waals surface area contributed by atoms with Crippen LogP contribution >= 0.6 is 23.1 Å². The summed E-state index contributed by atoms with van der Waals surface area (Å²) in [6, 6.07) is 2.75. The van der Waals surface area contributed by atoms with E-state index in [9.17, 15) is 0 Å². The van der Waals surface area contributed by atoms with E-state index in [1.165, 1.54) is 16.2 Å². The third kappa shape index (κ3) is 3.01. The molecule has 0 bridgehead atoms. The Morgan fingerprint density at radius 3 is 3.21 bits per heavy atom. The average molecular weight is 294 g/mol. The third-order valence-electron chi connectivity index (χ3n) is 3.30. The quantitative estimate of drug-likeness (QED) is 0.941. The lowest BCUT2D eigenvalue weighted by Gasteiger charge is -2.27. The summed E-state index contributed by atoms with van der Waals surface area (Å²) >= 11 is 3.87. The topological polar surface area (TPSA) is 42.7 Å². The van der Waals surface area contributed by atoms with Crippen LogP contribution in [-0.4, -0.2) is 26.6 Å². The molecule has 0 aromatic carbocycles. The lowest BCUT2D eigenvalue weighted by atomic mass is 10.0. The highest BCUT2D eigenvalue weighted by Gasteiger charge is 2.25. The van der Waals surface area contributed by atoms with Crippen molar-refractivity contribution in [2.75, 3.05) is 6.54 Å². The molecule has 0 fully saturated rings. The minimum absolute atomic E-state index is 0.487. The van der Waals surface area contributed by atoms with Gasteiger partial charge in [0.25, 0.3) is 0 Å². The molecule has 0 saturated carbocycles. The monoisotopic (exact) mass is 294 g/mol. The molecule has 1 aliphatic rings. The zero-order chi connectivity index (χ0) is 13.2. The SMILES string of the molecule is C[C@H]1CC(NCCc2ncn(C)n2)c2ccsc2S1. The minimum Gasteiger partial charge on any atom is -0.309 e. The molecule has 3 heterocycles. The fourth-order valence-corrected chi connectivity index (χ4v) is 4.97. The smallest absolute Gasteiger partial charge is 0.151 e. The van der Waals surface area contributed by atoms with Gasteiger partial charge in [0.15, 0.2) is 5.82 Å². The highest BCUT2D eigenvalue weighted by atomic mass is 32.2. The maximum atomic E-state index is 4.31. The predicted molar refractivity (Wildman–Crippen MR) is 79.7 cm³/mol. The second kappa shape index (κ2) is 5.64. The number of fused-ring (bicyclic) bond motifs is 1. The average Bonchev–Trinajstić information content (AvgIpc) is 2.98. The van der Waals surface area contributed by atoms with Crippen molar-refractivity contribution in [2.45, 2.75) is 35.3 Å². The number of aromatic nitrogens is 3. The van der Waals surface area contributed by atoms with Gasteiger partial charge in [0.1, 0.15) is 6.33 Å². The maximum absolute atomic E-state index is 4.31. The van der Waals surface area contributed by atoms with Gasteiger partial charge in [-0.15, -0.1) is 23.1 Å². The van der Waals surface area contributed by atoms with Crippen LogP contribution in [0.5, 0.6) is 0 Å². The molecule has 1 aliphatic heterocycles. The van der Waals surface area contributed by atoms with Crippen molar-refractivity contribution in [3.8, 4) is 0 Å². The second-order valence-electron chi connectivity index (χ2n) is 4.92. The molecule has 1 N–H and O–H groups in total. The zero-order valence-corrected chi connectivity index (χ0v) is 12.8. The van der Waals surface area contributed by atoms with E-state index in [1.54, 1.807) is 11.0 Å². The van der Waals surface area contributed by atoms with E-state index in [0.717, 1.165) is 18.8 Å². The van der Waals surface area contributed by atoms with Crippen LogP contribution in [0.4, 0.5) is 0 Å². The summed E-state index contributed by atoms with van der Waals surface area (Å²) in [5.41, 5.74) is 1.47. The Morgan fingerprint density at radius 2 is 2.42 bits per heavy atom. The molecule has 2 aromatic heterocycles. The summed E-state index contributed by atoms with van der Waals surface area (Å²) in [4.78, 5) is 4.26. The molecule has 2 atom stereocenters. The molecule has 6 heteroatoms. The van der Waals surface area contributed by atoms with Crippen molar-refractivity contribution >= 4 is 23.1 Å². The molecule has 0 radical (unpaired) electrons. The number of hydrogen-bond acceptors (Lipinski definition) is 5. The maximum Gasteiger partial charge on any atom is 0.151 e. The van der Waals surface area contributed by atoms with Crippen LogP contribution in [-0.2, 0) is 13.5 Å². The van der Waals surface area contributed by atoms with Crippen molar-refractivity contribution in [1.82, 2.24) is 20.1 Å². The largest absolute Gasteiger partial charge is 0.309 e. The van der Waals surface area contributed by atoms with E-state index < -0.39 is 0 Å². The minimum atomic E-state index is 0.487. The molecule has 0 saturated heterocycles. The fourth-order valence-electron chi connectivity index (χ4n) is 2.40. The van der Waals surface area contributed by atoms with Crippen LogP contribution in [0.3, 0.4) is 0 Å². The molecule has 19 heavy (non-hydrogen) atoms. The van der Waals surface area contributed by atoms with Crippen LogP contribution in [0.15, 0.2) is 22.0 Å². The summed E-state index contributed by atoms with van der Waals surface area (Å²) in [7, 11) is 1.90. The van der Waals surface area contributed by atoms with Gasteiger partial charge in [-0.3, -0.25) is 4.68 Å². The molecule has 0 aliphatic carbocycles. The molecule has 4 nitrogen and oxygen atoms in total.